The van der Waals surface area contributed by atoms with E-state index in [1.54, 1.807) is 10.9 Å². The summed E-state index contributed by atoms with van der Waals surface area (Å²) < 4.78 is 1.72. The number of rotatable bonds is 1. The predicted molar refractivity (Wildman–Crippen MR) is 52.7 cm³/mol. The van der Waals surface area contributed by atoms with E-state index in [1.807, 2.05) is 50.4 Å². The molecule has 0 aliphatic rings. The monoisotopic (exact) mass is 175 g/mol. The first-order chi connectivity index (χ1) is 6.47. The van der Waals surface area contributed by atoms with Crippen molar-refractivity contribution >= 4 is 0 Å². The highest BCUT2D eigenvalue weighted by Gasteiger charge is 1.91. The zero-order valence-corrected chi connectivity index (χ0v) is 7.88. The summed E-state index contributed by atoms with van der Waals surface area (Å²) in [7, 11) is 0. The van der Waals surface area contributed by atoms with Crippen molar-refractivity contribution in [2.45, 2.75) is 13.8 Å². The summed E-state index contributed by atoms with van der Waals surface area (Å²) >= 11 is 0. The van der Waals surface area contributed by atoms with Gasteiger partial charge >= 0.3 is 0 Å². The largest absolute Gasteiger partial charge is 0.221 e. The molecule has 0 radical (unpaired) electrons. The van der Waals surface area contributed by atoms with Gasteiger partial charge in [-0.2, -0.15) is 0 Å². The Morgan fingerprint density at radius 2 is 1.77 bits per heavy atom. The SMILES string of the molecule is CC.c1ccc(-n2ccnn2)cc1. The van der Waals surface area contributed by atoms with Gasteiger partial charge in [0.2, 0.25) is 0 Å². The predicted octanol–water partition coefficient (Wildman–Crippen LogP) is 2.29. The van der Waals surface area contributed by atoms with Crippen LogP contribution in [0.4, 0.5) is 0 Å². The number of para-hydroxylation sites is 1. The summed E-state index contributed by atoms with van der Waals surface area (Å²) in [4.78, 5) is 0. The van der Waals surface area contributed by atoms with Crippen LogP contribution in [0.15, 0.2) is 42.7 Å². The Bertz CT molecular complexity index is 313. The van der Waals surface area contributed by atoms with E-state index in [4.69, 9.17) is 0 Å². The molecule has 3 nitrogen and oxygen atoms in total. The molecular weight excluding hydrogens is 162 g/mol. The van der Waals surface area contributed by atoms with E-state index in [0.29, 0.717) is 0 Å². The van der Waals surface area contributed by atoms with Gasteiger partial charge in [-0.3, -0.25) is 0 Å². The Labute approximate surface area is 78.0 Å². The third-order valence-electron chi connectivity index (χ3n) is 1.44. The first-order valence-corrected chi connectivity index (χ1v) is 4.38. The molecule has 2 rings (SSSR count). The molecule has 0 spiro atoms. The average molecular weight is 175 g/mol. The van der Waals surface area contributed by atoms with Crippen LogP contribution < -0.4 is 0 Å². The highest BCUT2D eigenvalue weighted by molar-refractivity contribution is 5.29. The second kappa shape index (κ2) is 5.09. The minimum absolute atomic E-state index is 1.03. The van der Waals surface area contributed by atoms with E-state index in [0.717, 1.165) is 5.69 Å². The Balaban J connectivity index is 0.000000396. The second-order valence-electron chi connectivity index (χ2n) is 2.18. The molecule has 68 valence electrons. The summed E-state index contributed by atoms with van der Waals surface area (Å²) in [5, 5.41) is 7.56. The fraction of sp³-hybridized carbons (Fsp3) is 0.200. The van der Waals surface area contributed by atoms with Gasteiger partial charge in [-0.15, -0.1) is 5.10 Å². The lowest BCUT2D eigenvalue weighted by Crippen LogP contribution is -1.93. The normalized spacial score (nSPS) is 8.77. The van der Waals surface area contributed by atoms with E-state index in [1.165, 1.54) is 0 Å². The van der Waals surface area contributed by atoms with Crippen molar-refractivity contribution in [3.8, 4) is 5.69 Å². The Kier molecular flexibility index (Phi) is 3.70. The van der Waals surface area contributed by atoms with Crippen molar-refractivity contribution in [1.29, 1.82) is 0 Å². The van der Waals surface area contributed by atoms with Crippen molar-refractivity contribution in [3.05, 3.63) is 42.7 Å². The van der Waals surface area contributed by atoms with Crippen LogP contribution in [0.2, 0.25) is 0 Å². The lowest BCUT2D eigenvalue weighted by molar-refractivity contribution is 0.803. The van der Waals surface area contributed by atoms with Crippen LogP contribution in [0.3, 0.4) is 0 Å². The smallest absolute Gasteiger partial charge is 0.0697 e. The van der Waals surface area contributed by atoms with Crippen LogP contribution in [0.25, 0.3) is 5.69 Å². The molecule has 0 aliphatic carbocycles. The van der Waals surface area contributed by atoms with Crippen molar-refractivity contribution < 1.29 is 0 Å². The number of hydrogen-bond donors (Lipinski definition) is 0. The fourth-order valence-corrected chi connectivity index (χ4v) is 0.927. The van der Waals surface area contributed by atoms with Crippen LogP contribution in [-0.2, 0) is 0 Å². The lowest BCUT2D eigenvalue weighted by atomic mass is 10.3. The van der Waals surface area contributed by atoms with Gasteiger partial charge in [0.1, 0.15) is 0 Å². The Hall–Kier alpha value is -1.64. The van der Waals surface area contributed by atoms with Crippen LogP contribution >= 0.6 is 0 Å². The quantitative estimate of drug-likeness (QED) is 0.665. The highest BCUT2D eigenvalue weighted by atomic mass is 15.4. The zero-order chi connectivity index (χ0) is 9.52. The summed E-state index contributed by atoms with van der Waals surface area (Å²) in [6.45, 7) is 4.00. The van der Waals surface area contributed by atoms with E-state index in [2.05, 4.69) is 10.3 Å². The van der Waals surface area contributed by atoms with E-state index in [9.17, 15) is 0 Å². The first-order valence-electron chi connectivity index (χ1n) is 4.38. The third kappa shape index (κ3) is 2.40. The fourth-order valence-electron chi connectivity index (χ4n) is 0.927. The molecule has 0 bridgehead atoms. The maximum absolute atomic E-state index is 3.85. The Morgan fingerprint density at radius 3 is 2.31 bits per heavy atom. The minimum Gasteiger partial charge on any atom is -0.221 e. The van der Waals surface area contributed by atoms with E-state index < -0.39 is 0 Å². The van der Waals surface area contributed by atoms with Crippen LogP contribution in [0, 0.1) is 0 Å². The first kappa shape index (κ1) is 9.45. The average Bonchev–Trinajstić information content (AvgIpc) is 2.75. The van der Waals surface area contributed by atoms with Crippen LogP contribution in [0.5, 0.6) is 0 Å². The van der Waals surface area contributed by atoms with Gasteiger partial charge < -0.3 is 0 Å². The Morgan fingerprint density at radius 1 is 1.08 bits per heavy atom. The molecule has 1 heterocycles. The number of nitrogens with zero attached hydrogens (tertiary/aromatic N) is 3. The molecule has 0 atom stereocenters. The molecule has 0 N–H and O–H groups in total. The summed E-state index contributed by atoms with van der Waals surface area (Å²) in [6.07, 6.45) is 3.47. The third-order valence-corrected chi connectivity index (χ3v) is 1.44. The van der Waals surface area contributed by atoms with E-state index >= 15 is 0 Å². The van der Waals surface area contributed by atoms with Gasteiger partial charge in [0, 0.05) is 0 Å². The maximum Gasteiger partial charge on any atom is 0.0697 e. The maximum atomic E-state index is 3.85. The summed E-state index contributed by atoms with van der Waals surface area (Å²) in [5.74, 6) is 0. The number of aromatic nitrogens is 3. The van der Waals surface area contributed by atoms with Crippen molar-refractivity contribution in [1.82, 2.24) is 15.0 Å². The van der Waals surface area contributed by atoms with Gasteiger partial charge in [0.15, 0.2) is 0 Å². The molecule has 0 saturated heterocycles. The number of benzene rings is 1. The van der Waals surface area contributed by atoms with Gasteiger partial charge in [0.05, 0.1) is 18.1 Å². The van der Waals surface area contributed by atoms with Gasteiger partial charge in [0.25, 0.3) is 0 Å². The number of hydrogen-bond acceptors (Lipinski definition) is 2. The molecule has 0 saturated carbocycles. The van der Waals surface area contributed by atoms with Gasteiger partial charge in [-0.25, -0.2) is 4.68 Å². The van der Waals surface area contributed by atoms with Gasteiger partial charge in [-0.05, 0) is 12.1 Å². The molecule has 0 aliphatic heterocycles. The van der Waals surface area contributed by atoms with Crippen molar-refractivity contribution in [2.75, 3.05) is 0 Å². The molecule has 1 aromatic carbocycles. The van der Waals surface area contributed by atoms with Crippen molar-refractivity contribution in [2.24, 2.45) is 0 Å². The topological polar surface area (TPSA) is 30.7 Å². The minimum atomic E-state index is 1.03. The molecule has 0 amide bonds. The molecular formula is C10H13N3. The highest BCUT2D eigenvalue weighted by Crippen LogP contribution is 2.02. The summed E-state index contributed by atoms with van der Waals surface area (Å²) in [6, 6.07) is 9.87. The van der Waals surface area contributed by atoms with Crippen LogP contribution in [0.1, 0.15) is 13.8 Å². The van der Waals surface area contributed by atoms with E-state index in [-0.39, 0.29) is 0 Å². The molecule has 0 unspecified atom stereocenters. The molecule has 2 aromatic rings. The zero-order valence-electron chi connectivity index (χ0n) is 7.88. The summed E-state index contributed by atoms with van der Waals surface area (Å²) in [5.41, 5.74) is 1.03. The molecule has 3 heteroatoms. The van der Waals surface area contributed by atoms with Crippen molar-refractivity contribution in [3.63, 3.8) is 0 Å². The molecule has 0 fully saturated rings. The lowest BCUT2D eigenvalue weighted by Gasteiger charge is -1.96. The standard InChI is InChI=1S/C8H7N3.C2H6/c1-2-4-8(5-3-1)11-7-6-9-10-11;1-2/h1-7H;1-2H3. The molecule has 1 aromatic heterocycles. The molecule has 13 heavy (non-hydrogen) atoms. The van der Waals surface area contributed by atoms with Crippen LogP contribution in [-0.4, -0.2) is 15.0 Å². The second-order valence-corrected chi connectivity index (χ2v) is 2.18. The van der Waals surface area contributed by atoms with Gasteiger partial charge in [-0.1, -0.05) is 37.3 Å².